The summed E-state index contributed by atoms with van der Waals surface area (Å²) < 4.78 is 15.3. The number of hydrogen-bond acceptors (Lipinski definition) is 8. The summed E-state index contributed by atoms with van der Waals surface area (Å²) in [7, 11) is 4.21. The highest BCUT2D eigenvalue weighted by molar-refractivity contribution is 6.37. The Morgan fingerprint density at radius 1 is 0.865 bits per heavy atom. The molecular weight excluding hydrogens is 474 g/mol. The topological polar surface area (TPSA) is 102 Å². The Kier molecular flexibility index (Phi) is 7.13. The number of para-hydroxylation sites is 1. The van der Waals surface area contributed by atoms with Crippen molar-refractivity contribution in [3.05, 3.63) is 95.1 Å². The van der Waals surface area contributed by atoms with Crippen LogP contribution in [0.3, 0.4) is 0 Å². The largest absolute Gasteiger partial charge is 0.497 e. The number of hydrogen-bond donors (Lipinski definition) is 1. The Morgan fingerprint density at radius 2 is 1.43 bits per heavy atom. The van der Waals surface area contributed by atoms with Crippen molar-refractivity contribution in [2.24, 2.45) is 0 Å². The molecule has 8 heteroatoms. The Hall–Kier alpha value is -4.43. The maximum Gasteiger partial charge on any atom is 0.310 e. The average Bonchev–Trinajstić information content (AvgIpc) is 3.14. The Labute approximate surface area is 214 Å². The van der Waals surface area contributed by atoms with Crippen LogP contribution < -0.4 is 14.4 Å². The lowest BCUT2D eigenvalue weighted by Crippen LogP contribution is -2.52. The lowest BCUT2D eigenvalue weighted by Gasteiger charge is -2.36. The highest BCUT2D eigenvalue weighted by Crippen LogP contribution is 2.46. The average molecular weight is 502 g/mol. The van der Waals surface area contributed by atoms with Gasteiger partial charge >= 0.3 is 5.97 Å². The standard InChI is InChI=1S/C29H27NO7/c1-18-7-5-6-8-23(18)30-26(19-9-13-21(35-2)14-10-19)25(28(33)29(30,34)17-24(31)37-4)27(32)20-11-15-22(36-3)16-12-20/h5-16,34H,17H2,1-4H3/t29-/m1/s1. The first-order chi connectivity index (χ1) is 17.7. The predicted octanol–water partition coefficient (Wildman–Crippen LogP) is 3.95. The summed E-state index contributed by atoms with van der Waals surface area (Å²) in [4.78, 5) is 41.7. The van der Waals surface area contributed by atoms with Crippen LogP contribution in [-0.2, 0) is 14.3 Å². The molecule has 3 aromatic rings. The molecule has 0 aromatic heterocycles. The van der Waals surface area contributed by atoms with Gasteiger partial charge in [-0.3, -0.25) is 14.4 Å². The molecule has 0 fully saturated rings. The van der Waals surface area contributed by atoms with Crippen molar-refractivity contribution in [2.45, 2.75) is 19.1 Å². The molecule has 0 aliphatic carbocycles. The third-order valence-electron chi connectivity index (χ3n) is 6.34. The number of aliphatic hydroxyl groups is 1. The molecule has 0 unspecified atom stereocenters. The summed E-state index contributed by atoms with van der Waals surface area (Å²) in [5.41, 5.74) is -0.573. The number of methoxy groups -OCH3 is 3. The fraction of sp³-hybridized carbons (Fsp3) is 0.207. The van der Waals surface area contributed by atoms with Crippen LogP contribution in [0.1, 0.15) is 27.9 Å². The molecule has 1 atom stereocenters. The van der Waals surface area contributed by atoms with E-state index in [1.54, 1.807) is 60.7 Å². The maximum atomic E-state index is 14.0. The first-order valence-electron chi connectivity index (χ1n) is 11.5. The van der Waals surface area contributed by atoms with Crippen molar-refractivity contribution in [2.75, 3.05) is 26.2 Å². The van der Waals surface area contributed by atoms with E-state index in [-0.39, 0.29) is 16.8 Å². The number of carbonyl (C=O) groups excluding carboxylic acids is 3. The van der Waals surface area contributed by atoms with Crippen LogP contribution in [0.5, 0.6) is 11.5 Å². The van der Waals surface area contributed by atoms with Crippen LogP contribution in [0.15, 0.2) is 78.4 Å². The van der Waals surface area contributed by atoms with Gasteiger partial charge in [0.25, 0.3) is 0 Å². The predicted molar refractivity (Wildman–Crippen MR) is 137 cm³/mol. The Morgan fingerprint density at radius 3 is 1.97 bits per heavy atom. The number of rotatable bonds is 8. The molecule has 3 aromatic carbocycles. The zero-order valence-corrected chi connectivity index (χ0v) is 21.0. The number of aryl methyl sites for hydroxylation is 1. The number of nitrogens with zero attached hydrogens (tertiary/aromatic N) is 1. The number of ketones is 2. The van der Waals surface area contributed by atoms with Crippen molar-refractivity contribution >= 4 is 28.9 Å². The quantitative estimate of drug-likeness (QED) is 0.281. The van der Waals surface area contributed by atoms with E-state index in [1.807, 2.05) is 19.1 Å². The molecule has 0 spiro atoms. The van der Waals surface area contributed by atoms with Crippen LogP contribution in [0, 0.1) is 6.92 Å². The fourth-order valence-corrected chi connectivity index (χ4v) is 4.39. The van der Waals surface area contributed by atoms with Crippen LogP contribution >= 0.6 is 0 Å². The zero-order chi connectivity index (χ0) is 26.7. The molecule has 0 amide bonds. The Balaban J connectivity index is 2.01. The normalized spacial score (nSPS) is 17.1. The minimum Gasteiger partial charge on any atom is -0.497 e. The van der Waals surface area contributed by atoms with Gasteiger partial charge < -0.3 is 24.2 Å². The highest BCUT2D eigenvalue weighted by atomic mass is 16.5. The molecule has 4 rings (SSSR count). The SMILES string of the molecule is COC(=O)C[C@@]1(O)C(=O)C(C(=O)c2ccc(OC)cc2)=C(c2ccc(OC)cc2)N1c1ccccc1C. The second-order valence-electron chi connectivity index (χ2n) is 8.53. The van der Waals surface area contributed by atoms with E-state index < -0.39 is 29.7 Å². The number of anilines is 1. The van der Waals surface area contributed by atoms with Gasteiger partial charge in [-0.25, -0.2) is 0 Å². The van der Waals surface area contributed by atoms with Crippen molar-refractivity contribution in [3.8, 4) is 11.5 Å². The first-order valence-corrected chi connectivity index (χ1v) is 11.5. The lowest BCUT2D eigenvalue weighted by molar-refractivity contribution is -0.150. The second-order valence-corrected chi connectivity index (χ2v) is 8.53. The summed E-state index contributed by atoms with van der Waals surface area (Å²) in [6, 6.07) is 20.2. The lowest BCUT2D eigenvalue weighted by atomic mass is 9.93. The van der Waals surface area contributed by atoms with Crippen molar-refractivity contribution in [1.82, 2.24) is 0 Å². The van der Waals surface area contributed by atoms with Crippen molar-refractivity contribution in [3.63, 3.8) is 0 Å². The molecule has 1 N–H and O–H groups in total. The molecule has 8 nitrogen and oxygen atoms in total. The van der Waals surface area contributed by atoms with Crippen molar-refractivity contribution in [1.29, 1.82) is 0 Å². The van der Waals surface area contributed by atoms with Gasteiger partial charge in [0.15, 0.2) is 5.78 Å². The molecule has 190 valence electrons. The third kappa shape index (κ3) is 4.59. The van der Waals surface area contributed by atoms with Crippen LogP contribution in [-0.4, -0.2) is 49.7 Å². The highest BCUT2D eigenvalue weighted by Gasteiger charge is 2.56. The number of Topliss-reactive ketones (excluding diaryl/α,β-unsaturated/α-hetero) is 2. The molecule has 0 saturated carbocycles. The van der Waals surface area contributed by atoms with Crippen LogP contribution in [0.25, 0.3) is 5.70 Å². The van der Waals surface area contributed by atoms with Gasteiger partial charge in [-0.15, -0.1) is 0 Å². The molecule has 0 bridgehead atoms. The molecular formula is C29H27NO7. The monoisotopic (exact) mass is 501 g/mol. The molecule has 1 aliphatic rings. The molecule has 0 radical (unpaired) electrons. The summed E-state index contributed by atoms with van der Waals surface area (Å²) in [5.74, 6) is -1.18. The smallest absolute Gasteiger partial charge is 0.310 e. The van der Waals surface area contributed by atoms with E-state index in [1.165, 1.54) is 26.2 Å². The van der Waals surface area contributed by atoms with Gasteiger partial charge in [0.05, 0.1) is 32.6 Å². The van der Waals surface area contributed by atoms with E-state index in [9.17, 15) is 19.5 Å². The first kappa shape index (κ1) is 25.7. The molecule has 1 heterocycles. The number of carbonyl (C=O) groups is 3. The van der Waals surface area contributed by atoms with Gasteiger partial charge in [-0.05, 0) is 72.6 Å². The summed E-state index contributed by atoms with van der Waals surface area (Å²) >= 11 is 0. The van der Waals surface area contributed by atoms with E-state index in [4.69, 9.17) is 14.2 Å². The zero-order valence-electron chi connectivity index (χ0n) is 21.0. The van der Waals surface area contributed by atoms with E-state index >= 15 is 0 Å². The number of esters is 1. The van der Waals surface area contributed by atoms with Crippen LogP contribution in [0.4, 0.5) is 5.69 Å². The van der Waals surface area contributed by atoms with Crippen molar-refractivity contribution < 1.29 is 33.7 Å². The van der Waals surface area contributed by atoms with Gasteiger partial charge in [-0.1, -0.05) is 18.2 Å². The fourth-order valence-electron chi connectivity index (χ4n) is 4.39. The summed E-state index contributed by atoms with van der Waals surface area (Å²) in [5, 5.41) is 11.9. The molecule has 37 heavy (non-hydrogen) atoms. The van der Waals surface area contributed by atoms with Crippen LogP contribution in [0.2, 0.25) is 0 Å². The van der Waals surface area contributed by atoms with E-state index in [2.05, 4.69) is 0 Å². The summed E-state index contributed by atoms with van der Waals surface area (Å²) in [6.45, 7) is 1.81. The van der Waals surface area contributed by atoms with Gasteiger partial charge in [-0.2, -0.15) is 0 Å². The van der Waals surface area contributed by atoms with E-state index in [0.29, 0.717) is 22.7 Å². The Bertz CT molecular complexity index is 1380. The summed E-state index contributed by atoms with van der Waals surface area (Å²) in [6.07, 6.45) is -0.685. The van der Waals surface area contributed by atoms with Gasteiger partial charge in [0.1, 0.15) is 17.9 Å². The maximum absolute atomic E-state index is 14.0. The second kappa shape index (κ2) is 10.3. The minimum atomic E-state index is -2.40. The van der Waals surface area contributed by atoms with E-state index in [0.717, 1.165) is 5.56 Å². The third-order valence-corrected chi connectivity index (χ3v) is 6.34. The number of benzene rings is 3. The van der Waals surface area contributed by atoms with Gasteiger partial charge in [0, 0.05) is 11.3 Å². The molecule has 1 aliphatic heterocycles. The minimum absolute atomic E-state index is 0.175. The van der Waals surface area contributed by atoms with Gasteiger partial charge in [0.2, 0.25) is 11.5 Å². The molecule has 0 saturated heterocycles. The number of ether oxygens (including phenoxy) is 3.